The molecule has 0 N–H and O–H groups in total. The van der Waals surface area contributed by atoms with Gasteiger partial charge in [0.05, 0.1) is 6.61 Å². The largest absolute Gasteiger partial charge is 0.491 e. The normalized spacial score (nSPS) is 9.79. The molecule has 0 aliphatic heterocycles. The predicted molar refractivity (Wildman–Crippen MR) is 53.6 cm³/mol. The number of hydrogen-bond donors (Lipinski definition) is 0. The van der Waals surface area contributed by atoms with Crippen molar-refractivity contribution in [2.45, 2.75) is 6.42 Å². The van der Waals surface area contributed by atoms with E-state index in [9.17, 15) is 4.79 Å². The first-order valence-electron chi connectivity index (χ1n) is 4.51. The highest BCUT2D eigenvalue weighted by Crippen LogP contribution is 2.12. The molecule has 0 fully saturated rings. The number of ether oxygens (including phenoxy) is 2. The van der Waals surface area contributed by atoms with Crippen molar-refractivity contribution in [3.05, 3.63) is 29.8 Å². The van der Waals surface area contributed by atoms with Crippen LogP contribution in [0.5, 0.6) is 5.75 Å². The topological polar surface area (TPSA) is 35.5 Å². The molecule has 0 spiro atoms. The van der Waals surface area contributed by atoms with Crippen molar-refractivity contribution in [3.63, 3.8) is 0 Å². The van der Waals surface area contributed by atoms with E-state index in [0.29, 0.717) is 19.6 Å². The van der Waals surface area contributed by atoms with Crippen LogP contribution in [0.25, 0.3) is 0 Å². The van der Waals surface area contributed by atoms with Crippen LogP contribution in [-0.4, -0.2) is 26.6 Å². The number of aldehydes is 1. The lowest BCUT2D eigenvalue weighted by molar-refractivity contribution is -0.107. The highest BCUT2D eigenvalue weighted by molar-refractivity contribution is 5.55. The number of hydrogen-bond acceptors (Lipinski definition) is 3. The third kappa shape index (κ3) is 3.58. The molecule has 1 aromatic carbocycles. The van der Waals surface area contributed by atoms with Crippen molar-refractivity contribution in [1.82, 2.24) is 0 Å². The Morgan fingerprint density at radius 1 is 1.36 bits per heavy atom. The summed E-state index contributed by atoms with van der Waals surface area (Å²) in [7, 11) is 1.63. The van der Waals surface area contributed by atoms with Crippen molar-refractivity contribution in [2.75, 3.05) is 20.3 Å². The fourth-order valence-electron chi connectivity index (χ4n) is 1.10. The highest BCUT2D eigenvalue weighted by Gasteiger charge is 1.95. The molecule has 0 aliphatic rings. The Kier molecular flexibility index (Phi) is 4.72. The summed E-state index contributed by atoms with van der Waals surface area (Å²) >= 11 is 0. The molecule has 0 aliphatic carbocycles. The van der Waals surface area contributed by atoms with Crippen LogP contribution in [0.2, 0.25) is 0 Å². The minimum absolute atomic E-state index is 0.432. The van der Waals surface area contributed by atoms with Gasteiger partial charge < -0.3 is 14.3 Å². The zero-order chi connectivity index (χ0) is 10.2. The minimum atomic E-state index is 0.432. The Labute approximate surface area is 83.6 Å². The maximum atomic E-state index is 10.3. The van der Waals surface area contributed by atoms with Gasteiger partial charge in [-0.2, -0.15) is 0 Å². The van der Waals surface area contributed by atoms with Crippen molar-refractivity contribution >= 4 is 6.29 Å². The van der Waals surface area contributed by atoms with Crippen molar-refractivity contribution in [3.8, 4) is 5.75 Å². The fourth-order valence-corrected chi connectivity index (χ4v) is 1.10. The minimum Gasteiger partial charge on any atom is -0.491 e. The Bertz CT molecular complexity index is 284. The standard InChI is InChI=1S/C11H14O3/c1-13-7-8-14-11-4-2-3-10(9-11)5-6-12/h2-4,6,9H,5,7-8H2,1H3. The summed E-state index contributed by atoms with van der Waals surface area (Å²) in [5.41, 5.74) is 0.968. The third-order valence-electron chi connectivity index (χ3n) is 1.77. The lowest BCUT2D eigenvalue weighted by Crippen LogP contribution is -2.04. The van der Waals surface area contributed by atoms with Crippen LogP contribution < -0.4 is 4.74 Å². The van der Waals surface area contributed by atoms with Crippen molar-refractivity contribution < 1.29 is 14.3 Å². The van der Waals surface area contributed by atoms with Crippen molar-refractivity contribution in [1.29, 1.82) is 0 Å². The highest BCUT2D eigenvalue weighted by atomic mass is 16.5. The van der Waals surface area contributed by atoms with E-state index >= 15 is 0 Å². The number of rotatable bonds is 6. The van der Waals surface area contributed by atoms with Gasteiger partial charge in [0.15, 0.2) is 0 Å². The maximum absolute atomic E-state index is 10.3. The zero-order valence-corrected chi connectivity index (χ0v) is 8.23. The van der Waals surface area contributed by atoms with Gasteiger partial charge in [-0.1, -0.05) is 12.1 Å². The molecule has 1 rings (SSSR count). The van der Waals surface area contributed by atoms with E-state index in [0.717, 1.165) is 17.6 Å². The van der Waals surface area contributed by atoms with Gasteiger partial charge in [0, 0.05) is 13.5 Å². The van der Waals surface area contributed by atoms with Crippen LogP contribution in [0.15, 0.2) is 24.3 Å². The van der Waals surface area contributed by atoms with Gasteiger partial charge in [-0.25, -0.2) is 0 Å². The second kappa shape index (κ2) is 6.16. The molecule has 3 heteroatoms. The molecule has 0 radical (unpaired) electrons. The Morgan fingerprint density at radius 2 is 2.21 bits per heavy atom. The number of benzene rings is 1. The van der Waals surface area contributed by atoms with E-state index in [1.54, 1.807) is 7.11 Å². The number of carbonyl (C=O) groups is 1. The first kappa shape index (κ1) is 10.7. The summed E-state index contributed by atoms with van der Waals surface area (Å²) in [5.74, 6) is 0.779. The summed E-state index contributed by atoms with van der Waals surface area (Å²) < 4.78 is 10.3. The van der Waals surface area contributed by atoms with Gasteiger partial charge in [-0.3, -0.25) is 0 Å². The van der Waals surface area contributed by atoms with E-state index in [1.165, 1.54) is 0 Å². The van der Waals surface area contributed by atoms with Crippen LogP contribution in [-0.2, 0) is 16.0 Å². The molecule has 0 unspecified atom stereocenters. The lowest BCUT2D eigenvalue weighted by Gasteiger charge is -2.05. The molecule has 14 heavy (non-hydrogen) atoms. The summed E-state index contributed by atoms with van der Waals surface area (Å²) in [5, 5.41) is 0. The Morgan fingerprint density at radius 3 is 2.93 bits per heavy atom. The second-order valence-corrected chi connectivity index (χ2v) is 2.86. The Hall–Kier alpha value is -1.35. The second-order valence-electron chi connectivity index (χ2n) is 2.86. The molecule has 3 nitrogen and oxygen atoms in total. The van der Waals surface area contributed by atoms with E-state index in [1.807, 2.05) is 24.3 Å². The van der Waals surface area contributed by atoms with Gasteiger partial charge in [-0.15, -0.1) is 0 Å². The molecular formula is C11H14O3. The van der Waals surface area contributed by atoms with Gasteiger partial charge >= 0.3 is 0 Å². The van der Waals surface area contributed by atoms with E-state index < -0.39 is 0 Å². The van der Waals surface area contributed by atoms with E-state index in [2.05, 4.69) is 0 Å². The smallest absolute Gasteiger partial charge is 0.124 e. The SMILES string of the molecule is COCCOc1cccc(CC=O)c1. The Balaban J connectivity index is 2.50. The summed E-state index contributed by atoms with van der Waals surface area (Å²) in [4.78, 5) is 10.3. The molecule has 0 atom stereocenters. The van der Waals surface area contributed by atoms with Gasteiger partial charge in [0.25, 0.3) is 0 Å². The average molecular weight is 194 g/mol. The van der Waals surface area contributed by atoms with Crippen LogP contribution in [0.1, 0.15) is 5.56 Å². The van der Waals surface area contributed by atoms with Gasteiger partial charge in [-0.05, 0) is 17.7 Å². The molecule has 76 valence electrons. The molecule has 0 aromatic heterocycles. The number of methoxy groups -OCH3 is 1. The van der Waals surface area contributed by atoms with Crippen LogP contribution in [0.4, 0.5) is 0 Å². The molecular weight excluding hydrogens is 180 g/mol. The first-order valence-corrected chi connectivity index (χ1v) is 4.51. The quantitative estimate of drug-likeness (QED) is 0.508. The van der Waals surface area contributed by atoms with E-state index in [4.69, 9.17) is 9.47 Å². The molecule has 0 saturated carbocycles. The molecule has 0 saturated heterocycles. The fraction of sp³-hybridized carbons (Fsp3) is 0.364. The predicted octanol–water partition coefficient (Wildman–Crippen LogP) is 1.45. The van der Waals surface area contributed by atoms with Gasteiger partial charge in [0.2, 0.25) is 0 Å². The van der Waals surface area contributed by atoms with Crippen LogP contribution in [0.3, 0.4) is 0 Å². The zero-order valence-electron chi connectivity index (χ0n) is 8.23. The van der Waals surface area contributed by atoms with Crippen molar-refractivity contribution in [2.24, 2.45) is 0 Å². The molecule has 0 bridgehead atoms. The molecule has 1 aromatic rings. The molecule has 0 amide bonds. The maximum Gasteiger partial charge on any atom is 0.124 e. The average Bonchev–Trinajstić information content (AvgIpc) is 2.19. The van der Waals surface area contributed by atoms with Crippen LogP contribution in [0, 0.1) is 0 Å². The summed E-state index contributed by atoms with van der Waals surface area (Å²) in [6.45, 7) is 1.10. The lowest BCUT2D eigenvalue weighted by atomic mass is 10.2. The van der Waals surface area contributed by atoms with Gasteiger partial charge in [0.1, 0.15) is 18.6 Å². The monoisotopic (exact) mass is 194 g/mol. The first-order chi connectivity index (χ1) is 6.86. The summed E-state index contributed by atoms with van der Waals surface area (Å²) in [6.07, 6.45) is 1.32. The summed E-state index contributed by atoms with van der Waals surface area (Å²) in [6, 6.07) is 7.51. The molecule has 0 heterocycles. The number of carbonyl (C=O) groups excluding carboxylic acids is 1. The third-order valence-corrected chi connectivity index (χ3v) is 1.77. The van der Waals surface area contributed by atoms with E-state index in [-0.39, 0.29) is 0 Å². The van der Waals surface area contributed by atoms with Crippen LogP contribution >= 0.6 is 0 Å².